The van der Waals surface area contributed by atoms with Gasteiger partial charge >= 0.3 is 6.18 Å². The van der Waals surface area contributed by atoms with Crippen LogP contribution in [-0.4, -0.2) is 51.1 Å². The molecule has 0 aromatic carbocycles. The van der Waals surface area contributed by atoms with Crippen LogP contribution in [0.4, 0.5) is 13.2 Å². The van der Waals surface area contributed by atoms with E-state index in [1.54, 1.807) is 18.7 Å². The molecule has 23 heavy (non-hydrogen) atoms. The third-order valence-corrected chi connectivity index (χ3v) is 4.46. The highest BCUT2D eigenvalue weighted by Gasteiger charge is 2.31. The van der Waals surface area contributed by atoms with E-state index < -0.39 is 18.8 Å². The number of nitrogens with zero attached hydrogens (tertiary/aromatic N) is 3. The zero-order chi connectivity index (χ0) is 17.4. The molecule has 1 aromatic heterocycles. The number of piperidine rings is 1. The fourth-order valence-electron chi connectivity index (χ4n) is 2.85. The van der Waals surface area contributed by atoms with Crippen molar-refractivity contribution in [1.82, 2.24) is 14.7 Å². The molecular formula is C15H22F3N3O2. The Kier molecular flexibility index (Phi) is 5.03. The topological polar surface area (TPSA) is 58.4 Å². The molecule has 0 bridgehead atoms. The summed E-state index contributed by atoms with van der Waals surface area (Å²) in [4.78, 5) is 13.9. The number of hydrogen-bond donors (Lipinski definition) is 1. The van der Waals surface area contributed by atoms with E-state index in [9.17, 15) is 23.1 Å². The molecule has 8 heteroatoms. The fourth-order valence-corrected chi connectivity index (χ4v) is 2.85. The van der Waals surface area contributed by atoms with Crippen LogP contribution in [0.3, 0.4) is 0 Å². The lowest BCUT2D eigenvalue weighted by Gasteiger charge is -2.34. The largest absolute Gasteiger partial charge is 0.408 e. The number of hydrogen-bond acceptors (Lipinski definition) is 3. The van der Waals surface area contributed by atoms with Gasteiger partial charge in [0, 0.05) is 24.3 Å². The number of aliphatic hydroxyl groups excluding tert-OH is 1. The lowest BCUT2D eigenvalue weighted by Crippen LogP contribution is -2.46. The van der Waals surface area contributed by atoms with Crippen molar-refractivity contribution >= 4 is 5.91 Å². The molecule has 2 atom stereocenters. The van der Waals surface area contributed by atoms with Gasteiger partial charge in [0.15, 0.2) is 0 Å². The molecule has 1 aliphatic heterocycles. The summed E-state index contributed by atoms with van der Waals surface area (Å²) in [5.41, 5.74) is 1.33. The quantitative estimate of drug-likeness (QED) is 0.918. The summed E-state index contributed by atoms with van der Waals surface area (Å²) in [5, 5.41) is 13.8. The van der Waals surface area contributed by atoms with Gasteiger partial charge in [0.25, 0.3) is 0 Å². The Morgan fingerprint density at radius 3 is 2.61 bits per heavy atom. The summed E-state index contributed by atoms with van der Waals surface area (Å²) < 4.78 is 38.5. The highest BCUT2D eigenvalue weighted by atomic mass is 19.4. The van der Waals surface area contributed by atoms with E-state index >= 15 is 0 Å². The lowest BCUT2D eigenvalue weighted by molar-refractivity contribution is -0.143. The number of aromatic nitrogens is 2. The van der Waals surface area contributed by atoms with E-state index in [4.69, 9.17) is 0 Å². The van der Waals surface area contributed by atoms with Gasteiger partial charge in [-0.3, -0.25) is 9.48 Å². The number of likely N-dealkylation sites (tertiary alicyclic amines) is 1. The van der Waals surface area contributed by atoms with Crippen molar-refractivity contribution < 1.29 is 23.1 Å². The average Bonchev–Trinajstić information content (AvgIpc) is 2.67. The molecule has 0 radical (unpaired) electrons. The Balaban J connectivity index is 2.09. The van der Waals surface area contributed by atoms with Gasteiger partial charge < -0.3 is 10.0 Å². The molecule has 2 rings (SSSR count). The number of aliphatic hydroxyl groups is 1. The second-order valence-corrected chi connectivity index (χ2v) is 6.27. The van der Waals surface area contributed by atoms with Crippen molar-refractivity contribution in [1.29, 1.82) is 0 Å². The van der Waals surface area contributed by atoms with Crippen molar-refractivity contribution in [3.63, 3.8) is 0 Å². The van der Waals surface area contributed by atoms with Crippen LogP contribution in [0, 0.1) is 19.8 Å². The summed E-state index contributed by atoms with van der Waals surface area (Å²) in [7, 11) is 0. The fraction of sp³-hybridized carbons (Fsp3) is 0.733. The Hall–Kier alpha value is -1.57. The highest BCUT2D eigenvalue weighted by Crippen LogP contribution is 2.23. The van der Waals surface area contributed by atoms with Crippen LogP contribution in [0.15, 0.2) is 0 Å². The number of β-amino-alcohol motifs (C(OH)–C–C–N with tert-alkyl or cyclic N) is 1. The van der Waals surface area contributed by atoms with Crippen LogP contribution in [-0.2, 0) is 17.8 Å². The van der Waals surface area contributed by atoms with Gasteiger partial charge in [-0.15, -0.1) is 0 Å². The maximum absolute atomic E-state index is 12.5. The van der Waals surface area contributed by atoms with Gasteiger partial charge in [0.2, 0.25) is 5.91 Å². The van der Waals surface area contributed by atoms with Gasteiger partial charge in [0.05, 0.1) is 18.2 Å². The molecule has 1 fully saturated rings. The van der Waals surface area contributed by atoms with E-state index in [1.165, 1.54) is 0 Å². The third kappa shape index (κ3) is 4.25. The highest BCUT2D eigenvalue weighted by molar-refractivity contribution is 5.79. The molecule has 5 nitrogen and oxygen atoms in total. The van der Waals surface area contributed by atoms with Crippen LogP contribution in [0.1, 0.15) is 30.3 Å². The van der Waals surface area contributed by atoms with Gasteiger partial charge in [-0.25, -0.2) is 0 Å². The monoisotopic (exact) mass is 333 g/mol. The lowest BCUT2D eigenvalue weighted by atomic mass is 9.95. The van der Waals surface area contributed by atoms with Crippen molar-refractivity contribution in [3.05, 3.63) is 17.0 Å². The van der Waals surface area contributed by atoms with Crippen molar-refractivity contribution in [3.8, 4) is 0 Å². The standard InChI is InChI=1S/C15H22F3N3O2/c1-9-4-5-20(7-13(9)22)14(23)6-12-10(2)19-21(11(12)3)8-15(16,17)18/h9,13,22H,4-8H2,1-3H3. The molecule has 1 aliphatic rings. The molecule has 0 spiro atoms. The second kappa shape index (κ2) is 6.51. The first-order chi connectivity index (χ1) is 10.6. The van der Waals surface area contributed by atoms with E-state index in [0.29, 0.717) is 23.5 Å². The average molecular weight is 333 g/mol. The van der Waals surface area contributed by atoms with Crippen LogP contribution < -0.4 is 0 Å². The molecule has 1 amide bonds. The van der Waals surface area contributed by atoms with Crippen LogP contribution in [0.25, 0.3) is 0 Å². The number of aryl methyl sites for hydroxylation is 1. The van der Waals surface area contributed by atoms with Crippen molar-refractivity contribution in [2.75, 3.05) is 13.1 Å². The zero-order valence-electron chi connectivity index (χ0n) is 13.5. The number of halogens is 3. The minimum absolute atomic E-state index is 0.0105. The molecule has 1 aromatic rings. The maximum Gasteiger partial charge on any atom is 0.408 e. The number of carbonyl (C=O) groups excluding carboxylic acids is 1. The first-order valence-corrected chi connectivity index (χ1v) is 7.64. The third-order valence-electron chi connectivity index (χ3n) is 4.46. The summed E-state index contributed by atoms with van der Waals surface area (Å²) in [6.45, 7) is 4.76. The summed E-state index contributed by atoms with van der Waals surface area (Å²) in [5.74, 6) is -0.0363. The summed E-state index contributed by atoms with van der Waals surface area (Å²) >= 11 is 0. The first kappa shape index (κ1) is 17.8. The molecule has 1 N–H and O–H groups in total. The summed E-state index contributed by atoms with van der Waals surface area (Å²) in [6.07, 6.45) is -4.17. The Labute approximate surface area is 133 Å². The molecule has 2 heterocycles. The van der Waals surface area contributed by atoms with Crippen LogP contribution in [0.2, 0.25) is 0 Å². The van der Waals surface area contributed by atoms with Gasteiger partial charge in [0.1, 0.15) is 6.54 Å². The minimum Gasteiger partial charge on any atom is -0.391 e. The Bertz CT molecular complexity index is 583. The minimum atomic E-state index is -4.35. The Morgan fingerprint density at radius 1 is 1.39 bits per heavy atom. The van der Waals surface area contributed by atoms with Crippen molar-refractivity contribution in [2.45, 2.75) is 52.4 Å². The SMILES string of the molecule is Cc1nn(CC(F)(F)F)c(C)c1CC(=O)N1CCC(C)C(O)C1. The van der Waals surface area contributed by atoms with Gasteiger partial charge in [-0.1, -0.05) is 6.92 Å². The van der Waals surface area contributed by atoms with E-state index in [0.717, 1.165) is 11.1 Å². The van der Waals surface area contributed by atoms with Gasteiger partial charge in [-0.05, 0) is 26.2 Å². The molecule has 0 saturated carbocycles. The van der Waals surface area contributed by atoms with Crippen LogP contribution >= 0.6 is 0 Å². The normalized spacial score (nSPS) is 22.5. The van der Waals surface area contributed by atoms with Crippen molar-refractivity contribution in [2.24, 2.45) is 5.92 Å². The summed E-state index contributed by atoms with van der Waals surface area (Å²) in [6, 6.07) is 0. The molecule has 0 aliphatic carbocycles. The van der Waals surface area contributed by atoms with Gasteiger partial charge in [-0.2, -0.15) is 18.3 Å². The number of carbonyl (C=O) groups is 1. The van der Waals surface area contributed by atoms with E-state index in [-0.39, 0.29) is 24.8 Å². The number of rotatable bonds is 3. The maximum atomic E-state index is 12.5. The Morgan fingerprint density at radius 2 is 2.04 bits per heavy atom. The first-order valence-electron chi connectivity index (χ1n) is 7.64. The second-order valence-electron chi connectivity index (χ2n) is 6.27. The predicted octanol–water partition coefficient (Wildman–Crippen LogP) is 1.83. The van der Waals surface area contributed by atoms with E-state index in [1.807, 2.05) is 6.92 Å². The number of alkyl halides is 3. The molecule has 2 unspecified atom stereocenters. The smallest absolute Gasteiger partial charge is 0.391 e. The molecule has 130 valence electrons. The molecule has 1 saturated heterocycles. The predicted molar refractivity (Wildman–Crippen MR) is 77.8 cm³/mol. The zero-order valence-corrected chi connectivity index (χ0v) is 13.5. The number of amides is 1. The molecular weight excluding hydrogens is 311 g/mol. The van der Waals surface area contributed by atoms with E-state index in [2.05, 4.69) is 5.10 Å². The van der Waals surface area contributed by atoms with Crippen LogP contribution in [0.5, 0.6) is 0 Å².